The van der Waals surface area contributed by atoms with Crippen molar-refractivity contribution in [3.8, 4) is 22.5 Å². The van der Waals surface area contributed by atoms with E-state index in [1.54, 1.807) is 12.4 Å². The van der Waals surface area contributed by atoms with Crippen LogP contribution in [0.4, 0.5) is 5.82 Å². The fourth-order valence-electron chi connectivity index (χ4n) is 2.70. The molecule has 2 aromatic heterocycles. The summed E-state index contributed by atoms with van der Waals surface area (Å²) in [5.74, 6) is 0.381. The summed E-state index contributed by atoms with van der Waals surface area (Å²) in [7, 11) is 0. The Labute approximate surface area is 144 Å². The third kappa shape index (κ3) is 2.57. The molecule has 0 spiro atoms. The van der Waals surface area contributed by atoms with E-state index in [1.165, 1.54) is 0 Å². The lowest BCUT2D eigenvalue weighted by Gasteiger charge is -2.10. The lowest BCUT2D eigenvalue weighted by atomic mass is 10.0. The summed E-state index contributed by atoms with van der Waals surface area (Å²) in [5.41, 5.74) is 9.93. The van der Waals surface area contributed by atoms with Gasteiger partial charge in [0.25, 0.3) is 0 Å². The van der Waals surface area contributed by atoms with Crippen molar-refractivity contribution in [3.63, 3.8) is 0 Å². The predicted molar refractivity (Wildman–Crippen MR) is 97.6 cm³/mol. The van der Waals surface area contributed by atoms with Crippen LogP contribution < -0.4 is 5.73 Å². The predicted octanol–water partition coefficient (Wildman–Crippen LogP) is 4.59. The van der Waals surface area contributed by atoms with Crippen molar-refractivity contribution in [2.24, 2.45) is 0 Å². The number of nitrogens with zero attached hydrogens (tertiary/aromatic N) is 3. The van der Waals surface area contributed by atoms with Gasteiger partial charge in [-0.1, -0.05) is 48.0 Å². The second-order valence-corrected chi connectivity index (χ2v) is 5.80. The average molecular weight is 333 g/mol. The molecule has 4 rings (SSSR count). The Morgan fingerprint density at radius 3 is 2.50 bits per heavy atom. The van der Waals surface area contributed by atoms with E-state index >= 15 is 0 Å². The molecule has 2 N–H and O–H groups in total. The Morgan fingerprint density at radius 1 is 0.833 bits per heavy atom. The zero-order valence-electron chi connectivity index (χ0n) is 12.6. The maximum Gasteiger partial charge on any atom is 0.142 e. The molecule has 116 valence electrons. The monoisotopic (exact) mass is 332 g/mol. The van der Waals surface area contributed by atoms with Gasteiger partial charge >= 0.3 is 0 Å². The largest absolute Gasteiger partial charge is 0.382 e. The van der Waals surface area contributed by atoms with Crippen molar-refractivity contribution in [1.29, 1.82) is 0 Å². The first-order chi connectivity index (χ1) is 11.7. The van der Waals surface area contributed by atoms with Crippen molar-refractivity contribution in [2.45, 2.75) is 0 Å². The van der Waals surface area contributed by atoms with Crippen molar-refractivity contribution < 1.29 is 0 Å². The molecular weight excluding hydrogens is 320 g/mol. The number of halogens is 1. The van der Waals surface area contributed by atoms with Crippen molar-refractivity contribution in [3.05, 3.63) is 72.0 Å². The van der Waals surface area contributed by atoms with Gasteiger partial charge in [-0.15, -0.1) is 0 Å². The normalized spacial score (nSPS) is 10.9. The van der Waals surface area contributed by atoms with Crippen molar-refractivity contribution in [1.82, 2.24) is 15.0 Å². The maximum absolute atomic E-state index is 6.41. The first kappa shape index (κ1) is 14.6. The minimum absolute atomic E-state index is 0.381. The average Bonchev–Trinajstić information content (AvgIpc) is 2.62. The molecule has 0 saturated heterocycles. The van der Waals surface area contributed by atoms with Gasteiger partial charge < -0.3 is 5.73 Å². The van der Waals surface area contributed by atoms with E-state index in [-0.39, 0.29) is 0 Å². The minimum atomic E-state index is 0.381. The van der Waals surface area contributed by atoms with Crippen LogP contribution >= 0.6 is 11.6 Å². The molecule has 0 bridgehead atoms. The maximum atomic E-state index is 6.41. The Hall–Kier alpha value is -2.98. The van der Waals surface area contributed by atoms with Gasteiger partial charge in [-0.25, -0.2) is 4.98 Å². The van der Waals surface area contributed by atoms with Gasteiger partial charge in [-0.05, 0) is 18.2 Å². The van der Waals surface area contributed by atoms with E-state index in [0.29, 0.717) is 10.8 Å². The number of hydrogen-bond donors (Lipinski definition) is 1. The number of fused-ring (bicyclic) bond motifs is 1. The highest BCUT2D eigenvalue weighted by Crippen LogP contribution is 2.33. The Balaban J connectivity index is 1.97. The Bertz CT molecular complexity index is 1030. The molecule has 0 atom stereocenters. The summed E-state index contributed by atoms with van der Waals surface area (Å²) in [6.07, 6.45) is 3.29. The third-order valence-corrected chi connectivity index (χ3v) is 4.06. The van der Waals surface area contributed by atoms with E-state index in [1.807, 2.05) is 54.6 Å². The molecule has 2 aromatic carbocycles. The summed E-state index contributed by atoms with van der Waals surface area (Å²) >= 11 is 6.41. The zero-order valence-corrected chi connectivity index (χ0v) is 13.4. The van der Waals surface area contributed by atoms with Gasteiger partial charge in [0.2, 0.25) is 0 Å². The molecule has 0 aliphatic heterocycles. The van der Waals surface area contributed by atoms with Crippen LogP contribution in [0.5, 0.6) is 0 Å². The molecule has 0 unspecified atom stereocenters. The second-order valence-electron chi connectivity index (χ2n) is 5.39. The molecule has 0 aliphatic rings. The molecule has 5 heteroatoms. The van der Waals surface area contributed by atoms with Gasteiger partial charge in [0.15, 0.2) is 0 Å². The fraction of sp³-hybridized carbons (Fsp3) is 0. The molecule has 4 nitrogen and oxygen atoms in total. The lowest BCUT2D eigenvalue weighted by Crippen LogP contribution is -1.98. The number of aromatic nitrogens is 3. The van der Waals surface area contributed by atoms with Crippen LogP contribution in [-0.2, 0) is 0 Å². The van der Waals surface area contributed by atoms with E-state index in [4.69, 9.17) is 17.3 Å². The van der Waals surface area contributed by atoms with Gasteiger partial charge in [0.1, 0.15) is 5.82 Å². The Kier molecular flexibility index (Phi) is 3.59. The SMILES string of the molecule is Nc1cnc(-c2cc(Cl)c3ncccc3c2)c(-c2ccccc2)n1. The topological polar surface area (TPSA) is 64.7 Å². The minimum Gasteiger partial charge on any atom is -0.382 e. The Morgan fingerprint density at radius 2 is 1.67 bits per heavy atom. The van der Waals surface area contributed by atoms with Crippen LogP contribution in [0.15, 0.2) is 67.0 Å². The molecular formula is C19H13ClN4. The number of benzene rings is 2. The molecule has 0 radical (unpaired) electrons. The van der Waals surface area contributed by atoms with Crippen LogP contribution in [0.1, 0.15) is 0 Å². The van der Waals surface area contributed by atoms with Gasteiger partial charge in [-0.2, -0.15) is 0 Å². The summed E-state index contributed by atoms with van der Waals surface area (Å²) in [6, 6.07) is 17.6. The molecule has 0 aliphatic carbocycles. The quantitative estimate of drug-likeness (QED) is 0.583. The summed E-state index contributed by atoms with van der Waals surface area (Å²) in [6.45, 7) is 0. The zero-order chi connectivity index (χ0) is 16.5. The first-order valence-electron chi connectivity index (χ1n) is 7.45. The van der Waals surface area contributed by atoms with Crippen LogP contribution in [-0.4, -0.2) is 15.0 Å². The van der Waals surface area contributed by atoms with Gasteiger partial charge in [0, 0.05) is 22.7 Å². The number of hydrogen-bond acceptors (Lipinski definition) is 4. The van der Waals surface area contributed by atoms with Gasteiger partial charge in [0.05, 0.1) is 28.1 Å². The van der Waals surface area contributed by atoms with E-state index < -0.39 is 0 Å². The number of nitrogen functional groups attached to an aromatic ring is 1. The fourth-order valence-corrected chi connectivity index (χ4v) is 2.97. The summed E-state index contributed by atoms with van der Waals surface area (Å²) in [4.78, 5) is 13.3. The third-order valence-electron chi connectivity index (χ3n) is 3.77. The molecule has 4 aromatic rings. The molecule has 0 fully saturated rings. The summed E-state index contributed by atoms with van der Waals surface area (Å²) in [5, 5.41) is 1.54. The highest BCUT2D eigenvalue weighted by Gasteiger charge is 2.13. The lowest BCUT2D eigenvalue weighted by molar-refractivity contribution is 1.22. The van der Waals surface area contributed by atoms with Crippen LogP contribution in [0.3, 0.4) is 0 Å². The summed E-state index contributed by atoms with van der Waals surface area (Å²) < 4.78 is 0. The number of anilines is 1. The molecule has 24 heavy (non-hydrogen) atoms. The standard InChI is InChI=1S/C19H13ClN4/c20-15-10-14(9-13-7-4-8-22-17(13)15)18-19(24-16(21)11-23-18)12-5-2-1-3-6-12/h1-11H,(H2,21,24). The van der Waals surface area contributed by atoms with Crippen molar-refractivity contribution in [2.75, 3.05) is 5.73 Å². The van der Waals surface area contributed by atoms with Gasteiger partial charge in [-0.3, -0.25) is 9.97 Å². The van der Waals surface area contributed by atoms with Crippen LogP contribution in [0.25, 0.3) is 33.4 Å². The first-order valence-corrected chi connectivity index (χ1v) is 7.83. The number of nitrogens with two attached hydrogens (primary N) is 1. The van der Waals surface area contributed by atoms with Crippen LogP contribution in [0.2, 0.25) is 5.02 Å². The smallest absolute Gasteiger partial charge is 0.142 e. The number of rotatable bonds is 2. The van der Waals surface area contributed by atoms with E-state index in [0.717, 1.165) is 33.4 Å². The highest BCUT2D eigenvalue weighted by atomic mass is 35.5. The second kappa shape index (κ2) is 5.91. The molecule has 0 amide bonds. The van der Waals surface area contributed by atoms with E-state index in [9.17, 15) is 0 Å². The van der Waals surface area contributed by atoms with E-state index in [2.05, 4.69) is 15.0 Å². The number of pyridine rings is 1. The van der Waals surface area contributed by atoms with Crippen LogP contribution in [0, 0.1) is 0 Å². The molecule has 0 saturated carbocycles. The highest BCUT2D eigenvalue weighted by molar-refractivity contribution is 6.35. The van der Waals surface area contributed by atoms with Crippen molar-refractivity contribution >= 4 is 28.3 Å². The molecule has 2 heterocycles.